The van der Waals surface area contributed by atoms with E-state index in [0.717, 1.165) is 19.4 Å². The van der Waals surface area contributed by atoms with Gasteiger partial charge in [0.25, 0.3) is 0 Å². The SMILES string of the molecule is CC(C)(C)OC(=O)N1CCC2CC(=O)C2CC1. The molecule has 4 heteroatoms. The highest BCUT2D eigenvalue weighted by Crippen LogP contribution is 2.38. The van der Waals surface area contributed by atoms with Gasteiger partial charge in [0.05, 0.1) is 0 Å². The first-order chi connectivity index (χ1) is 7.87. The molecule has 0 N–H and O–H groups in total. The van der Waals surface area contributed by atoms with E-state index in [-0.39, 0.29) is 12.0 Å². The van der Waals surface area contributed by atoms with Gasteiger partial charge in [-0.2, -0.15) is 0 Å². The molecule has 0 radical (unpaired) electrons. The Morgan fingerprint density at radius 1 is 1.29 bits per heavy atom. The zero-order chi connectivity index (χ0) is 12.6. The van der Waals surface area contributed by atoms with Crippen molar-refractivity contribution in [2.45, 2.75) is 45.6 Å². The lowest BCUT2D eigenvalue weighted by atomic mass is 9.70. The number of hydrogen-bond donors (Lipinski definition) is 0. The Balaban J connectivity index is 1.90. The third-order valence-corrected chi connectivity index (χ3v) is 3.58. The minimum Gasteiger partial charge on any atom is -0.444 e. The third kappa shape index (κ3) is 2.79. The molecule has 2 unspecified atom stereocenters. The maximum Gasteiger partial charge on any atom is 0.410 e. The van der Waals surface area contributed by atoms with E-state index in [1.807, 2.05) is 20.8 Å². The van der Waals surface area contributed by atoms with Gasteiger partial charge in [0.2, 0.25) is 0 Å². The van der Waals surface area contributed by atoms with Crippen LogP contribution in [-0.2, 0) is 9.53 Å². The Hall–Kier alpha value is -1.06. The summed E-state index contributed by atoms with van der Waals surface area (Å²) in [6.45, 7) is 6.99. The summed E-state index contributed by atoms with van der Waals surface area (Å²) in [5, 5.41) is 0. The number of Topliss-reactive ketones (excluding diaryl/α,β-unsaturated/α-hetero) is 1. The van der Waals surface area contributed by atoms with Crippen molar-refractivity contribution in [1.82, 2.24) is 4.90 Å². The molecule has 17 heavy (non-hydrogen) atoms. The van der Waals surface area contributed by atoms with E-state index in [9.17, 15) is 9.59 Å². The number of ketones is 1. The molecule has 1 amide bonds. The summed E-state index contributed by atoms with van der Waals surface area (Å²) in [4.78, 5) is 25.0. The van der Waals surface area contributed by atoms with Crippen molar-refractivity contribution in [2.24, 2.45) is 11.8 Å². The van der Waals surface area contributed by atoms with Crippen LogP contribution in [0.1, 0.15) is 40.0 Å². The average Bonchev–Trinajstić information content (AvgIpc) is 2.33. The van der Waals surface area contributed by atoms with Crippen LogP contribution in [0, 0.1) is 11.8 Å². The van der Waals surface area contributed by atoms with Gasteiger partial charge in [-0.25, -0.2) is 4.79 Å². The van der Waals surface area contributed by atoms with Crippen molar-refractivity contribution in [3.05, 3.63) is 0 Å². The summed E-state index contributed by atoms with van der Waals surface area (Å²) in [5.41, 5.74) is -0.446. The molecule has 1 aliphatic carbocycles. The van der Waals surface area contributed by atoms with Gasteiger partial charge < -0.3 is 9.64 Å². The Bertz CT molecular complexity index is 332. The molecule has 0 aromatic rings. The maximum absolute atomic E-state index is 11.9. The molecule has 2 rings (SSSR count). The molecule has 2 aliphatic rings. The topological polar surface area (TPSA) is 46.6 Å². The van der Waals surface area contributed by atoms with Crippen LogP contribution in [0.25, 0.3) is 0 Å². The minimum absolute atomic E-state index is 0.211. The fourth-order valence-electron chi connectivity index (χ4n) is 2.59. The Morgan fingerprint density at radius 3 is 2.53 bits per heavy atom. The van der Waals surface area contributed by atoms with Crippen molar-refractivity contribution in [3.8, 4) is 0 Å². The van der Waals surface area contributed by atoms with E-state index >= 15 is 0 Å². The first-order valence-electron chi connectivity index (χ1n) is 6.37. The van der Waals surface area contributed by atoms with Crippen molar-refractivity contribution < 1.29 is 14.3 Å². The predicted octanol–water partition coefficient (Wildman–Crippen LogP) is 2.22. The Morgan fingerprint density at radius 2 is 1.94 bits per heavy atom. The molecule has 1 heterocycles. The highest BCUT2D eigenvalue weighted by atomic mass is 16.6. The third-order valence-electron chi connectivity index (χ3n) is 3.58. The molecule has 1 saturated carbocycles. The largest absolute Gasteiger partial charge is 0.444 e. The number of fused-ring (bicyclic) bond motifs is 1. The molecular weight excluding hydrogens is 218 g/mol. The van der Waals surface area contributed by atoms with Gasteiger partial charge in [-0.1, -0.05) is 0 Å². The lowest BCUT2D eigenvalue weighted by Crippen LogP contribution is -2.37. The van der Waals surface area contributed by atoms with E-state index in [1.54, 1.807) is 4.90 Å². The lowest BCUT2D eigenvalue weighted by molar-refractivity contribution is -0.134. The summed E-state index contributed by atoms with van der Waals surface area (Å²) in [6, 6.07) is 0. The minimum atomic E-state index is -0.446. The summed E-state index contributed by atoms with van der Waals surface area (Å²) < 4.78 is 5.35. The fraction of sp³-hybridized carbons (Fsp3) is 0.846. The second kappa shape index (κ2) is 4.31. The van der Waals surface area contributed by atoms with Crippen LogP contribution in [0.5, 0.6) is 0 Å². The summed E-state index contributed by atoms with van der Waals surface area (Å²) in [7, 11) is 0. The van der Waals surface area contributed by atoms with E-state index in [1.165, 1.54) is 0 Å². The van der Waals surface area contributed by atoms with Gasteiger partial charge in [0, 0.05) is 25.4 Å². The monoisotopic (exact) mass is 239 g/mol. The van der Waals surface area contributed by atoms with Crippen LogP contribution in [0.4, 0.5) is 4.79 Å². The maximum atomic E-state index is 11.9. The van der Waals surface area contributed by atoms with Crippen LogP contribution < -0.4 is 0 Å². The molecule has 1 saturated heterocycles. The number of nitrogens with zero attached hydrogens (tertiary/aromatic N) is 1. The van der Waals surface area contributed by atoms with Crippen LogP contribution in [0.2, 0.25) is 0 Å². The molecule has 2 fully saturated rings. The van der Waals surface area contributed by atoms with E-state index in [0.29, 0.717) is 24.7 Å². The van der Waals surface area contributed by atoms with Crippen molar-refractivity contribution in [2.75, 3.05) is 13.1 Å². The summed E-state index contributed by atoms with van der Waals surface area (Å²) in [6.07, 6.45) is 2.22. The van der Waals surface area contributed by atoms with E-state index < -0.39 is 5.60 Å². The molecule has 0 bridgehead atoms. The Labute approximate surface area is 102 Å². The van der Waals surface area contributed by atoms with E-state index in [2.05, 4.69) is 0 Å². The zero-order valence-corrected chi connectivity index (χ0v) is 10.9. The van der Waals surface area contributed by atoms with Crippen molar-refractivity contribution in [3.63, 3.8) is 0 Å². The number of amides is 1. The molecule has 0 aromatic heterocycles. The highest BCUT2D eigenvalue weighted by Gasteiger charge is 2.41. The van der Waals surface area contributed by atoms with E-state index in [4.69, 9.17) is 4.74 Å². The lowest BCUT2D eigenvalue weighted by Gasteiger charge is -2.32. The average molecular weight is 239 g/mol. The number of rotatable bonds is 0. The second-order valence-electron chi connectivity index (χ2n) is 6.08. The molecule has 96 valence electrons. The zero-order valence-electron chi connectivity index (χ0n) is 10.9. The molecule has 2 atom stereocenters. The normalized spacial score (nSPS) is 29.1. The second-order valence-corrected chi connectivity index (χ2v) is 6.08. The van der Waals surface area contributed by atoms with Gasteiger partial charge in [-0.15, -0.1) is 0 Å². The van der Waals surface area contributed by atoms with Crippen LogP contribution in [0.3, 0.4) is 0 Å². The first-order valence-corrected chi connectivity index (χ1v) is 6.37. The standard InChI is InChI=1S/C13H21NO3/c1-13(2,3)17-12(16)14-6-4-9-8-11(15)10(9)5-7-14/h9-10H,4-8H2,1-3H3. The smallest absolute Gasteiger partial charge is 0.410 e. The highest BCUT2D eigenvalue weighted by molar-refractivity contribution is 5.87. The molecule has 1 aliphatic heterocycles. The molecule has 0 aromatic carbocycles. The Kier molecular flexibility index (Phi) is 3.15. The van der Waals surface area contributed by atoms with Gasteiger partial charge >= 0.3 is 6.09 Å². The summed E-state index contributed by atoms with van der Waals surface area (Å²) >= 11 is 0. The quantitative estimate of drug-likeness (QED) is 0.651. The van der Waals surface area contributed by atoms with Crippen LogP contribution >= 0.6 is 0 Å². The molecule has 4 nitrogen and oxygen atoms in total. The number of carbonyl (C=O) groups is 2. The van der Waals surface area contributed by atoms with Gasteiger partial charge in [0.1, 0.15) is 11.4 Å². The molecular formula is C13H21NO3. The first kappa shape index (κ1) is 12.4. The van der Waals surface area contributed by atoms with Crippen LogP contribution in [-0.4, -0.2) is 35.5 Å². The number of ether oxygens (including phenoxy) is 1. The number of hydrogen-bond acceptors (Lipinski definition) is 3. The van der Waals surface area contributed by atoms with Gasteiger partial charge in [-0.3, -0.25) is 4.79 Å². The molecule has 0 spiro atoms. The van der Waals surface area contributed by atoms with Crippen molar-refractivity contribution in [1.29, 1.82) is 0 Å². The van der Waals surface area contributed by atoms with Gasteiger partial charge in [0.15, 0.2) is 0 Å². The van der Waals surface area contributed by atoms with Gasteiger partial charge in [-0.05, 0) is 39.5 Å². The predicted molar refractivity (Wildman–Crippen MR) is 63.6 cm³/mol. The van der Waals surface area contributed by atoms with Crippen LogP contribution in [0.15, 0.2) is 0 Å². The number of likely N-dealkylation sites (tertiary alicyclic amines) is 1. The van der Waals surface area contributed by atoms with Crippen molar-refractivity contribution >= 4 is 11.9 Å². The fourth-order valence-corrected chi connectivity index (χ4v) is 2.59. The number of carbonyl (C=O) groups excluding carboxylic acids is 2. The summed E-state index contributed by atoms with van der Waals surface area (Å²) in [5.74, 6) is 1.10.